The third-order valence-electron chi connectivity index (χ3n) is 6.22. The minimum Gasteiger partial charge on any atom is -0.368 e. The molecule has 4 rings (SSSR count). The molecule has 0 spiro atoms. The van der Waals surface area contributed by atoms with Crippen LogP contribution >= 0.6 is 11.6 Å². The molecule has 5 nitrogen and oxygen atoms in total. The Labute approximate surface area is 189 Å². The molecule has 0 radical (unpaired) electrons. The molecule has 1 saturated heterocycles. The van der Waals surface area contributed by atoms with E-state index in [1.807, 2.05) is 60.0 Å². The summed E-state index contributed by atoms with van der Waals surface area (Å²) >= 11 is 6.00. The van der Waals surface area contributed by atoms with Gasteiger partial charge in [0.15, 0.2) is 0 Å². The number of carbonyl (C=O) groups is 2. The van der Waals surface area contributed by atoms with E-state index in [4.69, 9.17) is 11.6 Å². The fraction of sp³-hybridized carbons (Fsp3) is 0.440. The zero-order valence-electron chi connectivity index (χ0n) is 18.3. The van der Waals surface area contributed by atoms with Crippen molar-refractivity contribution in [3.05, 3.63) is 64.7 Å². The monoisotopic (exact) mass is 439 g/mol. The Kier molecular flexibility index (Phi) is 6.51. The number of piperazine rings is 1. The number of benzene rings is 2. The minimum absolute atomic E-state index is 0.0716. The van der Waals surface area contributed by atoms with Crippen LogP contribution in [0.25, 0.3) is 0 Å². The zero-order chi connectivity index (χ0) is 22.0. The van der Waals surface area contributed by atoms with E-state index >= 15 is 0 Å². The van der Waals surface area contributed by atoms with Crippen molar-refractivity contribution in [1.82, 2.24) is 9.80 Å². The second-order valence-corrected chi connectivity index (χ2v) is 9.33. The molecule has 2 aliphatic heterocycles. The molecule has 1 atom stereocenters. The van der Waals surface area contributed by atoms with Gasteiger partial charge in [-0.1, -0.05) is 49.7 Å². The van der Waals surface area contributed by atoms with Crippen LogP contribution in [0.2, 0.25) is 5.02 Å². The first kappa shape index (κ1) is 21.7. The average molecular weight is 440 g/mol. The molecular formula is C25H30ClN3O2. The van der Waals surface area contributed by atoms with Gasteiger partial charge in [0.1, 0.15) is 6.04 Å². The second-order valence-electron chi connectivity index (χ2n) is 8.90. The summed E-state index contributed by atoms with van der Waals surface area (Å²) in [6.45, 7) is 7.47. The number of carbonyl (C=O) groups excluding carboxylic acids is 2. The molecule has 2 amide bonds. The van der Waals surface area contributed by atoms with Crippen molar-refractivity contribution in [2.24, 2.45) is 5.92 Å². The fourth-order valence-corrected chi connectivity index (χ4v) is 4.65. The van der Waals surface area contributed by atoms with Gasteiger partial charge in [-0.3, -0.25) is 9.59 Å². The molecule has 0 aromatic heterocycles. The summed E-state index contributed by atoms with van der Waals surface area (Å²) in [4.78, 5) is 32.6. The largest absolute Gasteiger partial charge is 0.368 e. The van der Waals surface area contributed by atoms with E-state index < -0.39 is 6.04 Å². The third kappa shape index (κ3) is 4.87. The SMILES string of the molecule is CC(C)CC(=O)N1Cc2ccccc2CC1C(=O)N1CCN(c2ccc(Cl)cc2)CC1. The van der Waals surface area contributed by atoms with Gasteiger partial charge in [0, 0.05) is 56.3 Å². The van der Waals surface area contributed by atoms with Gasteiger partial charge in [-0.2, -0.15) is 0 Å². The molecule has 2 aromatic rings. The van der Waals surface area contributed by atoms with Crippen LogP contribution in [0.5, 0.6) is 0 Å². The summed E-state index contributed by atoms with van der Waals surface area (Å²) in [5.74, 6) is 0.411. The van der Waals surface area contributed by atoms with E-state index in [2.05, 4.69) is 17.0 Å². The van der Waals surface area contributed by atoms with E-state index in [-0.39, 0.29) is 17.7 Å². The molecule has 1 unspecified atom stereocenters. The van der Waals surface area contributed by atoms with Crippen LogP contribution in [0.4, 0.5) is 5.69 Å². The van der Waals surface area contributed by atoms with Crippen LogP contribution in [0.1, 0.15) is 31.4 Å². The van der Waals surface area contributed by atoms with Gasteiger partial charge in [-0.05, 0) is 41.3 Å². The molecule has 2 heterocycles. The Morgan fingerprint density at radius 1 is 0.968 bits per heavy atom. The Bertz CT molecular complexity index is 936. The number of amides is 2. The number of anilines is 1. The number of hydrogen-bond acceptors (Lipinski definition) is 3. The standard InChI is InChI=1S/C25H30ClN3O2/c1-18(2)15-24(30)29-17-20-6-4-3-5-19(20)16-23(29)25(31)28-13-11-27(12-14-28)22-9-7-21(26)8-10-22/h3-10,18,23H,11-17H2,1-2H3. The number of halogens is 1. The van der Waals surface area contributed by atoms with E-state index in [9.17, 15) is 9.59 Å². The van der Waals surface area contributed by atoms with Crippen LogP contribution in [0, 0.1) is 5.92 Å². The normalized spacial score (nSPS) is 18.8. The highest BCUT2D eigenvalue weighted by Crippen LogP contribution is 2.27. The molecule has 164 valence electrons. The Hall–Kier alpha value is -2.53. The molecule has 31 heavy (non-hydrogen) atoms. The topological polar surface area (TPSA) is 43.9 Å². The van der Waals surface area contributed by atoms with Gasteiger partial charge < -0.3 is 14.7 Å². The van der Waals surface area contributed by atoms with Crippen molar-refractivity contribution in [3.8, 4) is 0 Å². The lowest BCUT2D eigenvalue weighted by Gasteiger charge is -2.42. The molecule has 0 saturated carbocycles. The van der Waals surface area contributed by atoms with Crippen LogP contribution in [0.3, 0.4) is 0 Å². The zero-order valence-corrected chi connectivity index (χ0v) is 19.0. The smallest absolute Gasteiger partial charge is 0.245 e. The first-order valence-corrected chi connectivity index (χ1v) is 11.5. The minimum atomic E-state index is -0.414. The molecular weight excluding hydrogens is 410 g/mol. The molecule has 0 aliphatic carbocycles. The van der Waals surface area contributed by atoms with Crippen LogP contribution in [-0.2, 0) is 22.6 Å². The summed E-state index contributed by atoms with van der Waals surface area (Å²) in [7, 11) is 0. The first-order valence-electron chi connectivity index (χ1n) is 11.1. The van der Waals surface area contributed by atoms with Gasteiger partial charge in [-0.25, -0.2) is 0 Å². The van der Waals surface area contributed by atoms with Gasteiger partial charge >= 0.3 is 0 Å². The summed E-state index contributed by atoms with van der Waals surface area (Å²) in [5.41, 5.74) is 3.45. The van der Waals surface area contributed by atoms with Crippen molar-refractivity contribution >= 4 is 29.1 Å². The van der Waals surface area contributed by atoms with Crippen molar-refractivity contribution < 1.29 is 9.59 Å². The Morgan fingerprint density at radius 2 is 1.61 bits per heavy atom. The average Bonchev–Trinajstić information content (AvgIpc) is 2.78. The summed E-state index contributed by atoms with van der Waals surface area (Å²) in [5, 5.41) is 0.723. The third-order valence-corrected chi connectivity index (χ3v) is 6.47. The van der Waals surface area contributed by atoms with E-state index in [0.717, 1.165) is 29.4 Å². The van der Waals surface area contributed by atoms with Crippen molar-refractivity contribution in [3.63, 3.8) is 0 Å². The molecule has 1 fully saturated rings. The molecule has 0 N–H and O–H groups in total. The maximum atomic E-state index is 13.5. The van der Waals surface area contributed by atoms with Gasteiger partial charge in [0.05, 0.1) is 0 Å². The van der Waals surface area contributed by atoms with E-state index in [1.165, 1.54) is 5.56 Å². The lowest BCUT2D eigenvalue weighted by Crippen LogP contribution is -2.57. The molecule has 0 bridgehead atoms. The lowest BCUT2D eigenvalue weighted by atomic mass is 9.92. The summed E-state index contributed by atoms with van der Waals surface area (Å²) < 4.78 is 0. The van der Waals surface area contributed by atoms with E-state index in [1.54, 1.807) is 0 Å². The Morgan fingerprint density at radius 3 is 2.26 bits per heavy atom. The van der Waals surface area contributed by atoms with E-state index in [0.29, 0.717) is 32.5 Å². The van der Waals surface area contributed by atoms with Crippen LogP contribution in [0.15, 0.2) is 48.5 Å². The van der Waals surface area contributed by atoms with Crippen LogP contribution < -0.4 is 4.90 Å². The predicted molar refractivity (Wildman–Crippen MR) is 124 cm³/mol. The van der Waals surface area contributed by atoms with Crippen LogP contribution in [-0.4, -0.2) is 53.8 Å². The van der Waals surface area contributed by atoms with Gasteiger partial charge in [0.25, 0.3) is 0 Å². The predicted octanol–water partition coefficient (Wildman–Crippen LogP) is 3.99. The highest BCUT2D eigenvalue weighted by atomic mass is 35.5. The summed E-state index contributed by atoms with van der Waals surface area (Å²) in [6, 6.07) is 15.6. The van der Waals surface area contributed by atoms with Crippen molar-refractivity contribution in [2.75, 3.05) is 31.1 Å². The second kappa shape index (κ2) is 9.31. The number of fused-ring (bicyclic) bond motifs is 1. The molecule has 6 heteroatoms. The summed E-state index contributed by atoms with van der Waals surface area (Å²) in [6.07, 6.45) is 1.06. The number of nitrogens with zero attached hydrogens (tertiary/aromatic N) is 3. The quantitative estimate of drug-likeness (QED) is 0.723. The number of hydrogen-bond donors (Lipinski definition) is 0. The highest BCUT2D eigenvalue weighted by molar-refractivity contribution is 6.30. The maximum absolute atomic E-state index is 13.5. The lowest BCUT2D eigenvalue weighted by molar-refractivity contribution is -0.147. The van der Waals surface area contributed by atoms with Gasteiger partial charge in [0.2, 0.25) is 11.8 Å². The fourth-order valence-electron chi connectivity index (χ4n) is 4.52. The molecule has 2 aromatic carbocycles. The number of rotatable bonds is 4. The van der Waals surface area contributed by atoms with Crippen molar-refractivity contribution in [2.45, 2.75) is 39.3 Å². The Balaban J connectivity index is 1.47. The van der Waals surface area contributed by atoms with Gasteiger partial charge in [-0.15, -0.1) is 0 Å². The van der Waals surface area contributed by atoms with Crippen molar-refractivity contribution in [1.29, 1.82) is 0 Å². The molecule has 2 aliphatic rings. The first-order chi connectivity index (χ1) is 14.9. The highest BCUT2D eigenvalue weighted by Gasteiger charge is 2.37. The maximum Gasteiger partial charge on any atom is 0.245 e.